The zero-order chi connectivity index (χ0) is 15.5. The largest absolute Gasteiger partial charge is 0.444 e. The number of nitrogens with zero attached hydrogens (tertiary/aromatic N) is 3. The van der Waals surface area contributed by atoms with Crippen LogP contribution in [0.5, 0.6) is 0 Å². The van der Waals surface area contributed by atoms with Gasteiger partial charge in [-0.2, -0.15) is 5.10 Å². The predicted octanol–water partition coefficient (Wildman–Crippen LogP) is 3.33. The Morgan fingerprint density at radius 1 is 1.32 bits per heavy atom. The molecule has 5 heteroatoms. The van der Waals surface area contributed by atoms with Crippen molar-refractivity contribution in [1.29, 1.82) is 0 Å². The predicted molar refractivity (Wildman–Crippen MR) is 82.7 cm³/mol. The third-order valence-electron chi connectivity index (χ3n) is 5.08. The van der Waals surface area contributed by atoms with Crippen molar-refractivity contribution in [1.82, 2.24) is 14.7 Å². The van der Waals surface area contributed by atoms with Gasteiger partial charge in [-0.15, -0.1) is 0 Å². The number of carbonyl (C=O) groups excluding carboxylic acids is 1. The number of rotatable bonds is 2. The highest BCUT2D eigenvalue weighted by molar-refractivity contribution is 5.69. The lowest BCUT2D eigenvalue weighted by molar-refractivity contribution is -0.0932. The summed E-state index contributed by atoms with van der Waals surface area (Å²) in [5.41, 5.74) is 1.34. The summed E-state index contributed by atoms with van der Waals surface area (Å²) in [4.78, 5) is 13.9. The van der Waals surface area contributed by atoms with E-state index in [0.29, 0.717) is 11.5 Å². The highest BCUT2D eigenvalue weighted by Gasteiger charge is 2.55. The molecule has 5 nitrogen and oxygen atoms in total. The molecule has 0 bridgehead atoms. The molecule has 3 aliphatic rings. The minimum absolute atomic E-state index is 0.167. The van der Waals surface area contributed by atoms with Crippen LogP contribution in [-0.2, 0) is 4.74 Å². The van der Waals surface area contributed by atoms with Gasteiger partial charge in [-0.3, -0.25) is 4.68 Å². The molecule has 2 aliphatic carbocycles. The Bertz CT molecular complexity index is 583. The Hall–Kier alpha value is -1.52. The van der Waals surface area contributed by atoms with E-state index < -0.39 is 5.60 Å². The Kier molecular flexibility index (Phi) is 2.88. The van der Waals surface area contributed by atoms with E-state index in [1.54, 1.807) is 0 Å². The van der Waals surface area contributed by atoms with Crippen molar-refractivity contribution >= 4 is 6.09 Å². The third kappa shape index (κ3) is 2.40. The quantitative estimate of drug-likeness (QED) is 0.842. The second-order valence-corrected chi connectivity index (χ2v) is 8.37. The molecule has 22 heavy (non-hydrogen) atoms. The lowest BCUT2D eigenvalue weighted by Crippen LogP contribution is -2.64. The zero-order valence-corrected chi connectivity index (χ0v) is 13.7. The van der Waals surface area contributed by atoms with Gasteiger partial charge in [-0.25, -0.2) is 4.79 Å². The van der Waals surface area contributed by atoms with Crippen molar-refractivity contribution in [2.24, 2.45) is 5.41 Å². The van der Waals surface area contributed by atoms with E-state index in [0.717, 1.165) is 31.8 Å². The van der Waals surface area contributed by atoms with Gasteiger partial charge in [0.05, 0.1) is 6.04 Å². The van der Waals surface area contributed by atoms with Crippen LogP contribution in [0.4, 0.5) is 4.79 Å². The van der Waals surface area contributed by atoms with Crippen LogP contribution in [0, 0.1) is 5.41 Å². The molecule has 3 fully saturated rings. The Labute approximate surface area is 131 Å². The fraction of sp³-hybridized carbons (Fsp3) is 0.765. The van der Waals surface area contributed by atoms with E-state index in [1.807, 2.05) is 31.9 Å². The number of amides is 1. The average Bonchev–Trinajstić information content (AvgIpc) is 3.03. The average molecular weight is 303 g/mol. The van der Waals surface area contributed by atoms with Gasteiger partial charge in [0, 0.05) is 36.3 Å². The summed E-state index contributed by atoms with van der Waals surface area (Å²) in [5.74, 6) is 0.749. The monoisotopic (exact) mass is 303 g/mol. The number of ether oxygens (including phenoxy) is 1. The van der Waals surface area contributed by atoms with Crippen LogP contribution in [-0.4, -0.2) is 39.5 Å². The van der Waals surface area contributed by atoms with E-state index >= 15 is 0 Å². The van der Waals surface area contributed by atoms with E-state index in [2.05, 4.69) is 15.8 Å². The van der Waals surface area contributed by atoms with Crippen LogP contribution in [0.2, 0.25) is 0 Å². The molecule has 0 unspecified atom stereocenters. The molecule has 0 aromatic carbocycles. The van der Waals surface area contributed by atoms with Crippen LogP contribution in [0.3, 0.4) is 0 Å². The van der Waals surface area contributed by atoms with E-state index in [1.165, 1.54) is 18.5 Å². The molecule has 0 radical (unpaired) electrons. The molecule has 1 spiro atoms. The summed E-state index contributed by atoms with van der Waals surface area (Å²) in [6.07, 6.45) is 6.69. The maximum atomic E-state index is 12.0. The number of carbonyl (C=O) groups is 1. The normalized spacial score (nSPS) is 24.0. The van der Waals surface area contributed by atoms with Crippen molar-refractivity contribution in [2.75, 3.05) is 13.1 Å². The SMILES string of the molecule is CC(C)(C)OC(=O)N1CC2(CC(n3nccc3C3CC3)C2)C1. The summed E-state index contributed by atoms with van der Waals surface area (Å²) < 4.78 is 7.68. The van der Waals surface area contributed by atoms with Gasteiger partial charge in [-0.1, -0.05) is 0 Å². The van der Waals surface area contributed by atoms with Gasteiger partial charge >= 0.3 is 6.09 Å². The topological polar surface area (TPSA) is 47.4 Å². The van der Waals surface area contributed by atoms with Gasteiger partial charge in [0.15, 0.2) is 0 Å². The van der Waals surface area contributed by atoms with Crippen LogP contribution in [0.1, 0.15) is 64.1 Å². The van der Waals surface area contributed by atoms with Crippen molar-refractivity contribution in [3.05, 3.63) is 18.0 Å². The molecule has 1 aliphatic heterocycles. The molecule has 120 valence electrons. The van der Waals surface area contributed by atoms with Crippen molar-refractivity contribution in [2.45, 2.75) is 64.0 Å². The van der Waals surface area contributed by atoms with Crippen LogP contribution in [0.25, 0.3) is 0 Å². The first-order valence-electron chi connectivity index (χ1n) is 8.37. The molecular formula is C17H25N3O2. The van der Waals surface area contributed by atoms with E-state index in [4.69, 9.17) is 4.74 Å². The van der Waals surface area contributed by atoms with Crippen LogP contribution < -0.4 is 0 Å². The van der Waals surface area contributed by atoms with Gasteiger partial charge in [0.2, 0.25) is 0 Å². The molecule has 4 rings (SSSR count). The van der Waals surface area contributed by atoms with Crippen LogP contribution in [0.15, 0.2) is 12.3 Å². The molecule has 0 N–H and O–H groups in total. The van der Waals surface area contributed by atoms with Gasteiger partial charge in [0.25, 0.3) is 0 Å². The summed E-state index contributed by atoms with van der Waals surface area (Å²) in [6.45, 7) is 7.43. The molecule has 1 amide bonds. The highest BCUT2D eigenvalue weighted by Crippen LogP contribution is 2.55. The smallest absolute Gasteiger partial charge is 0.410 e. The molecule has 2 heterocycles. The standard InChI is InChI=1S/C17H25N3O2/c1-16(2,3)22-15(21)19-10-17(11-19)8-13(9-17)20-14(6-7-18-20)12-4-5-12/h6-7,12-13H,4-5,8-11H2,1-3H3. The number of hydrogen-bond donors (Lipinski definition) is 0. The third-order valence-corrected chi connectivity index (χ3v) is 5.08. The van der Waals surface area contributed by atoms with Crippen molar-refractivity contribution in [3.63, 3.8) is 0 Å². The lowest BCUT2D eigenvalue weighted by atomic mass is 9.60. The van der Waals surface area contributed by atoms with E-state index in [9.17, 15) is 4.79 Å². The molecule has 2 saturated carbocycles. The zero-order valence-electron chi connectivity index (χ0n) is 13.7. The lowest BCUT2D eigenvalue weighted by Gasteiger charge is -2.58. The number of likely N-dealkylation sites (tertiary alicyclic amines) is 1. The maximum Gasteiger partial charge on any atom is 0.410 e. The first-order valence-corrected chi connectivity index (χ1v) is 8.37. The van der Waals surface area contributed by atoms with Crippen molar-refractivity contribution < 1.29 is 9.53 Å². The first kappa shape index (κ1) is 14.1. The highest BCUT2D eigenvalue weighted by atomic mass is 16.6. The summed E-state index contributed by atoms with van der Waals surface area (Å²) in [6, 6.07) is 2.71. The van der Waals surface area contributed by atoms with Gasteiger partial charge in [0.1, 0.15) is 5.60 Å². The molecule has 1 aromatic rings. The molecule has 1 aromatic heterocycles. The van der Waals surface area contributed by atoms with Crippen molar-refractivity contribution in [3.8, 4) is 0 Å². The first-order chi connectivity index (χ1) is 10.4. The van der Waals surface area contributed by atoms with Crippen LogP contribution >= 0.6 is 0 Å². The Balaban J connectivity index is 1.31. The number of aromatic nitrogens is 2. The summed E-state index contributed by atoms with van der Waals surface area (Å²) in [7, 11) is 0. The second kappa shape index (κ2) is 4.49. The second-order valence-electron chi connectivity index (χ2n) is 8.37. The minimum atomic E-state index is -0.407. The molecular weight excluding hydrogens is 278 g/mol. The Morgan fingerprint density at radius 3 is 2.59 bits per heavy atom. The fourth-order valence-corrected chi connectivity index (χ4v) is 3.92. The van der Waals surface area contributed by atoms with Gasteiger partial charge < -0.3 is 9.64 Å². The molecule has 1 saturated heterocycles. The van der Waals surface area contributed by atoms with E-state index in [-0.39, 0.29) is 6.09 Å². The summed E-state index contributed by atoms with van der Waals surface area (Å²) >= 11 is 0. The minimum Gasteiger partial charge on any atom is -0.444 e. The van der Waals surface area contributed by atoms with Gasteiger partial charge in [-0.05, 0) is 52.5 Å². The Morgan fingerprint density at radius 2 is 2.00 bits per heavy atom. The fourth-order valence-electron chi connectivity index (χ4n) is 3.92. The summed E-state index contributed by atoms with van der Waals surface area (Å²) in [5, 5.41) is 4.54. The molecule has 0 atom stereocenters. The maximum absolute atomic E-state index is 12.0. The number of hydrogen-bond acceptors (Lipinski definition) is 3.